The highest BCUT2D eigenvalue weighted by atomic mass is 16.4. The van der Waals surface area contributed by atoms with Gasteiger partial charge in [0, 0.05) is 12.0 Å². The molecule has 0 saturated carbocycles. The normalized spacial score (nSPS) is 12.6. The van der Waals surface area contributed by atoms with Gasteiger partial charge in [-0.3, -0.25) is 9.59 Å². The molecule has 0 fully saturated rings. The molecule has 4 heteroatoms. The van der Waals surface area contributed by atoms with Crippen molar-refractivity contribution >= 4 is 11.9 Å². The van der Waals surface area contributed by atoms with E-state index in [0.29, 0.717) is 0 Å². The van der Waals surface area contributed by atoms with Gasteiger partial charge in [0.15, 0.2) is 0 Å². The summed E-state index contributed by atoms with van der Waals surface area (Å²) in [4.78, 5) is 23.9. The predicted molar refractivity (Wildman–Crippen MR) is 58.6 cm³/mol. The summed E-state index contributed by atoms with van der Waals surface area (Å²) in [6.07, 6.45) is 1.74. The Labute approximate surface area is 91.3 Å². The minimum absolute atomic E-state index is 0.0609. The molecular formula is C11H21NO3. The first kappa shape index (κ1) is 13.9. The summed E-state index contributed by atoms with van der Waals surface area (Å²) in [6, 6.07) is -0.0621. The number of hydrogen-bond acceptors (Lipinski definition) is 2. The fourth-order valence-electron chi connectivity index (χ4n) is 1.50. The van der Waals surface area contributed by atoms with Gasteiger partial charge in [-0.25, -0.2) is 0 Å². The van der Waals surface area contributed by atoms with Crippen LogP contribution in [-0.2, 0) is 9.59 Å². The molecule has 15 heavy (non-hydrogen) atoms. The number of carboxylic acids is 1. The summed E-state index contributed by atoms with van der Waals surface area (Å²) >= 11 is 0. The summed E-state index contributed by atoms with van der Waals surface area (Å²) in [5.41, 5.74) is 0. The van der Waals surface area contributed by atoms with E-state index in [0.717, 1.165) is 12.8 Å². The van der Waals surface area contributed by atoms with E-state index in [1.165, 1.54) is 4.90 Å². The zero-order valence-corrected chi connectivity index (χ0v) is 9.99. The van der Waals surface area contributed by atoms with Gasteiger partial charge in [-0.2, -0.15) is 0 Å². The molecule has 0 aromatic heterocycles. The van der Waals surface area contributed by atoms with E-state index < -0.39 is 5.97 Å². The van der Waals surface area contributed by atoms with Gasteiger partial charge in [0.2, 0.25) is 5.91 Å². The van der Waals surface area contributed by atoms with Crippen LogP contribution in [0, 0.1) is 5.92 Å². The van der Waals surface area contributed by atoms with Crippen LogP contribution >= 0.6 is 0 Å². The molecule has 1 N–H and O–H groups in total. The highest BCUT2D eigenvalue weighted by molar-refractivity contribution is 5.83. The summed E-state index contributed by atoms with van der Waals surface area (Å²) < 4.78 is 0. The first-order valence-electron chi connectivity index (χ1n) is 5.42. The SMILES string of the molecule is CCCC(C)C(=O)N(CC(=O)O)C(C)C. The number of carbonyl (C=O) groups excluding carboxylic acids is 1. The molecule has 0 spiro atoms. The molecule has 0 aromatic rings. The molecule has 0 saturated heterocycles. The third-order valence-corrected chi connectivity index (χ3v) is 2.36. The fourth-order valence-corrected chi connectivity index (χ4v) is 1.50. The molecule has 1 amide bonds. The van der Waals surface area contributed by atoms with E-state index in [-0.39, 0.29) is 24.4 Å². The van der Waals surface area contributed by atoms with E-state index in [1.54, 1.807) is 0 Å². The van der Waals surface area contributed by atoms with Gasteiger partial charge < -0.3 is 10.0 Å². The second-order valence-electron chi connectivity index (χ2n) is 4.14. The Hall–Kier alpha value is -1.06. The minimum Gasteiger partial charge on any atom is -0.480 e. The van der Waals surface area contributed by atoms with Crippen LogP contribution in [0.15, 0.2) is 0 Å². The minimum atomic E-state index is -0.958. The molecule has 0 heterocycles. The summed E-state index contributed by atoms with van der Waals surface area (Å²) in [7, 11) is 0. The quantitative estimate of drug-likeness (QED) is 0.734. The number of amides is 1. The molecule has 4 nitrogen and oxygen atoms in total. The van der Waals surface area contributed by atoms with Crippen molar-refractivity contribution in [3.8, 4) is 0 Å². The van der Waals surface area contributed by atoms with Gasteiger partial charge in [0.1, 0.15) is 6.54 Å². The van der Waals surface area contributed by atoms with Crippen molar-refractivity contribution in [2.24, 2.45) is 5.92 Å². The van der Waals surface area contributed by atoms with E-state index in [9.17, 15) is 9.59 Å². The van der Waals surface area contributed by atoms with Crippen molar-refractivity contribution in [3.05, 3.63) is 0 Å². The molecule has 0 aliphatic heterocycles. The first-order valence-corrected chi connectivity index (χ1v) is 5.42. The van der Waals surface area contributed by atoms with Crippen molar-refractivity contribution in [2.45, 2.75) is 46.6 Å². The Bertz CT molecular complexity index is 226. The first-order chi connectivity index (χ1) is 6.90. The molecule has 0 radical (unpaired) electrons. The fraction of sp³-hybridized carbons (Fsp3) is 0.818. The van der Waals surface area contributed by atoms with Crippen LogP contribution in [0.25, 0.3) is 0 Å². The zero-order chi connectivity index (χ0) is 12.0. The smallest absolute Gasteiger partial charge is 0.323 e. The van der Waals surface area contributed by atoms with Crippen molar-refractivity contribution in [2.75, 3.05) is 6.54 Å². The van der Waals surface area contributed by atoms with Crippen LogP contribution in [0.2, 0.25) is 0 Å². The molecule has 0 aliphatic carbocycles. The maximum atomic E-state index is 11.9. The van der Waals surface area contributed by atoms with E-state index >= 15 is 0 Å². The number of carboxylic acid groups (broad SMARTS) is 1. The highest BCUT2D eigenvalue weighted by Crippen LogP contribution is 2.11. The second-order valence-corrected chi connectivity index (χ2v) is 4.14. The van der Waals surface area contributed by atoms with Crippen LogP contribution in [-0.4, -0.2) is 34.5 Å². The molecule has 0 rings (SSSR count). The van der Waals surface area contributed by atoms with Crippen molar-refractivity contribution in [3.63, 3.8) is 0 Å². The molecule has 0 aliphatic rings. The van der Waals surface area contributed by atoms with Crippen molar-refractivity contribution in [1.82, 2.24) is 4.90 Å². The summed E-state index contributed by atoms with van der Waals surface area (Å²) in [5, 5.41) is 8.70. The topological polar surface area (TPSA) is 57.6 Å². The van der Waals surface area contributed by atoms with Gasteiger partial charge in [-0.1, -0.05) is 20.3 Å². The average Bonchev–Trinajstić information content (AvgIpc) is 2.12. The average molecular weight is 215 g/mol. The molecule has 0 aromatic carbocycles. The number of aliphatic carboxylic acids is 1. The second kappa shape index (κ2) is 6.43. The Morgan fingerprint density at radius 1 is 1.27 bits per heavy atom. The Morgan fingerprint density at radius 3 is 2.13 bits per heavy atom. The van der Waals surface area contributed by atoms with Gasteiger partial charge in [-0.05, 0) is 20.3 Å². The standard InChI is InChI=1S/C11H21NO3/c1-5-6-9(4)11(15)12(8(2)3)7-10(13)14/h8-9H,5-7H2,1-4H3,(H,13,14). The number of carbonyl (C=O) groups is 2. The number of nitrogens with zero attached hydrogens (tertiary/aromatic N) is 1. The summed E-state index contributed by atoms with van der Waals surface area (Å²) in [6.45, 7) is 7.33. The van der Waals surface area contributed by atoms with Gasteiger partial charge in [-0.15, -0.1) is 0 Å². The van der Waals surface area contributed by atoms with E-state index in [2.05, 4.69) is 0 Å². The molecule has 88 valence electrons. The maximum absolute atomic E-state index is 11.9. The van der Waals surface area contributed by atoms with Gasteiger partial charge in [0.05, 0.1) is 0 Å². The predicted octanol–water partition coefficient (Wildman–Crippen LogP) is 1.74. The number of hydrogen-bond donors (Lipinski definition) is 1. The van der Waals surface area contributed by atoms with Crippen LogP contribution < -0.4 is 0 Å². The lowest BCUT2D eigenvalue weighted by atomic mass is 10.0. The third-order valence-electron chi connectivity index (χ3n) is 2.36. The highest BCUT2D eigenvalue weighted by Gasteiger charge is 2.23. The van der Waals surface area contributed by atoms with E-state index in [4.69, 9.17) is 5.11 Å². The Kier molecular flexibility index (Phi) is 5.97. The molecule has 0 bridgehead atoms. The maximum Gasteiger partial charge on any atom is 0.323 e. The van der Waals surface area contributed by atoms with Crippen molar-refractivity contribution < 1.29 is 14.7 Å². The van der Waals surface area contributed by atoms with Crippen LogP contribution in [0.3, 0.4) is 0 Å². The molecule has 1 unspecified atom stereocenters. The van der Waals surface area contributed by atoms with Gasteiger partial charge in [0.25, 0.3) is 0 Å². The lowest BCUT2D eigenvalue weighted by Crippen LogP contribution is -2.43. The van der Waals surface area contributed by atoms with E-state index in [1.807, 2.05) is 27.7 Å². The Balaban J connectivity index is 4.47. The van der Waals surface area contributed by atoms with Crippen LogP contribution in [0.4, 0.5) is 0 Å². The van der Waals surface area contributed by atoms with Crippen LogP contribution in [0.5, 0.6) is 0 Å². The monoisotopic (exact) mass is 215 g/mol. The summed E-state index contributed by atoms with van der Waals surface area (Å²) in [5.74, 6) is -1.10. The third kappa shape index (κ3) is 4.81. The van der Waals surface area contributed by atoms with Crippen LogP contribution in [0.1, 0.15) is 40.5 Å². The molecular weight excluding hydrogens is 194 g/mol. The number of rotatable bonds is 6. The lowest BCUT2D eigenvalue weighted by molar-refractivity contribution is -0.147. The van der Waals surface area contributed by atoms with Crippen molar-refractivity contribution in [1.29, 1.82) is 0 Å². The molecule has 1 atom stereocenters. The zero-order valence-electron chi connectivity index (χ0n) is 9.99. The lowest BCUT2D eigenvalue weighted by Gasteiger charge is -2.27. The Morgan fingerprint density at radius 2 is 1.80 bits per heavy atom. The van der Waals surface area contributed by atoms with Gasteiger partial charge >= 0.3 is 5.97 Å². The largest absolute Gasteiger partial charge is 0.480 e.